The molecule has 35 heavy (non-hydrogen) atoms. The quantitative estimate of drug-likeness (QED) is 0.101. The predicted octanol–water partition coefficient (Wildman–Crippen LogP) is 3.53. The van der Waals surface area contributed by atoms with Gasteiger partial charge in [0.05, 0.1) is 22.6 Å². The van der Waals surface area contributed by atoms with Crippen LogP contribution < -0.4 is 21.3 Å². The molecule has 0 spiro atoms. The number of pyridine rings is 3. The molecule has 4 aromatic rings. The summed E-state index contributed by atoms with van der Waals surface area (Å²) < 4.78 is 5.83. The van der Waals surface area contributed by atoms with E-state index >= 15 is 0 Å². The van der Waals surface area contributed by atoms with Crippen molar-refractivity contribution in [2.45, 2.75) is 11.0 Å². The minimum Gasteiger partial charge on any atom is -0.478 e. The Balaban J connectivity index is 1.95. The normalized spacial score (nSPS) is 11.8. The number of hydrogen-bond acceptors (Lipinski definition) is 9. The zero-order chi connectivity index (χ0) is 25.2. The average Bonchev–Trinajstić information content (AvgIpc) is 2.80. The fourth-order valence-corrected chi connectivity index (χ4v) is 3.85. The van der Waals surface area contributed by atoms with Crippen molar-refractivity contribution in [3.8, 4) is 22.7 Å². The lowest BCUT2D eigenvalue weighted by Crippen LogP contribution is -2.26. The zero-order valence-corrected chi connectivity index (χ0v) is 20.9. The molecule has 3 N–H and O–H groups in total. The van der Waals surface area contributed by atoms with E-state index in [9.17, 15) is 4.79 Å². The van der Waals surface area contributed by atoms with Gasteiger partial charge in [0.1, 0.15) is 13.7 Å². The van der Waals surface area contributed by atoms with Crippen LogP contribution in [-0.2, 0) is 0 Å². The van der Waals surface area contributed by atoms with Crippen LogP contribution in [0.5, 0.6) is 5.88 Å². The molecule has 8 nitrogen and oxygen atoms in total. The van der Waals surface area contributed by atoms with Crippen molar-refractivity contribution in [1.29, 1.82) is 0 Å². The van der Waals surface area contributed by atoms with E-state index in [0.29, 0.717) is 46.5 Å². The molecule has 0 aliphatic carbocycles. The van der Waals surface area contributed by atoms with Gasteiger partial charge >= 0.3 is 0 Å². The number of nitrogens with zero attached hydrogens (tertiary/aromatic N) is 4. The van der Waals surface area contributed by atoms with Crippen LogP contribution in [0, 0.1) is 0 Å². The van der Waals surface area contributed by atoms with E-state index in [1.165, 1.54) is 4.57 Å². The largest absolute Gasteiger partial charge is 0.478 e. The summed E-state index contributed by atoms with van der Waals surface area (Å²) in [5, 5.41) is 3.60. The number of anilines is 2. The van der Waals surface area contributed by atoms with Crippen LogP contribution in [0.3, 0.4) is 0 Å². The summed E-state index contributed by atoms with van der Waals surface area (Å²) in [6, 6.07) is 14.3. The van der Waals surface area contributed by atoms with Gasteiger partial charge in [-0.2, -0.15) is 30.2 Å². The number of nitrogen functional groups attached to an aromatic ring is 1. The minimum absolute atomic E-state index is 0.276. The molecule has 0 atom stereocenters. The van der Waals surface area contributed by atoms with Crippen molar-refractivity contribution in [3.63, 3.8) is 0 Å². The molecule has 4 rings (SSSR count). The van der Waals surface area contributed by atoms with E-state index in [1.807, 2.05) is 31.2 Å². The molecular formula is C24H23BN6O2S2. The number of rotatable bonds is 7. The summed E-state index contributed by atoms with van der Waals surface area (Å²) in [6.45, 7) is 2.32. The van der Waals surface area contributed by atoms with E-state index in [0.717, 1.165) is 10.9 Å². The van der Waals surface area contributed by atoms with E-state index < -0.39 is 4.10 Å². The molecule has 176 valence electrons. The van der Waals surface area contributed by atoms with Crippen LogP contribution in [0.4, 0.5) is 11.5 Å². The van der Waals surface area contributed by atoms with Gasteiger partial charge in [-0.05, 0) is 48.9 Å². The number of benzene rings is 1. The molecule has 3 aromatic heterocycles. The number of nitrogens with one attached hydrogen (secondary N) is 1. The molecule has 0 amide bonds. The van der Waals surface area contributed by atoms with E-state index in [-0.39, 0.29) is 5.56 Å². The van der Waals surface area contributed by atoms with E-state index in [1.54, 1.807) is 43.7 Å². The first-order valence-electron chi connectivity index (χ1n) is 10.7. The first kappa shape index (κ1) is 24.7. The highest BCUT2D eigenvalue weighted by Crippen LogP contribution is 2.27. The molecule has 0 aliphatic rings. The smallest absolute Gasteiger partial charge is 0.264 e. The summed E-state index contributed by atoms with van der Waals surface area (Å²) in [4.78, 5) is 26.9. The Morgan fingerprint density at radius 2 is 2.03 bits per heavy atom. The summed E-state index contributed by atoms with van der Waals surface area (Å²) in [5.74, 6) is 0.860. The van der Waals surface area contributed by atoms with Gasteiger partial charge in [0.25, 0.3) is 5.56 Å². The van der Waals surface area contributed by atoms with Gasteiger partial charge in [0.2, 0.25) is 5.88 Å². The summed E-state index contributed by atoms with van der Waals surface area (Å²) in [6.07, 6.45) is 3.21. The second-order valence-electron chi connectivity index (χ2n) is 7.68. The lowest BCUT2D eigenvalue weighted by atomic mass is 10.0. The molecule has 1 aromatic carbocycles. The fourth-order valence-electron chi connectivity index (χ4n) is 3.62. The van der Waals surface area contributed by atoms with Crippen LogP contribution >= 0.6 is 25.3 Å². The van der Waals surface area contributed by atoms with Gasteiger partial charge in [0.15, 0.2) is 5.65 Å². The first-order valence-corrected chi connectivity index (χ1v) is 11.6. The predicted molar refractivity (Wildman–Crippen MR) is 150 cm³/mol. The topological polar surface area (TPSA) is 107 Å². The Kier molecular flexibility index (Phi) is 7.09. The number of aromatic nitrogens is 3. The first-order chi connectivity index (χ1) is 16.7. The molecule has 0 fully saturated rings. The number of thiol groups is 2. The van der Waals surface area contributed by atoms with Gasteiger partial charge in [-0.25, -0.2) is 4.98 Å². The van der Waals surface area contributed by atoms with Gasteiger partial charge in [-0.3, -0.25) is 14.4 Å². The highest BCUT2D eigenvalue weighted by Gasteiger charge is 2.17. The number of fused-ring (bicyclic) bond motifs is 1. The maximum Gasteiger partial charge on any atom is 0.264 e. The SMILES string of the molecule is [B]C(S)(S)Nc1ccc(-n2c(=O)c(-c3ccc(N)c(C=NC)c3)cc3ccc(OCC)nc32)cn1. The zero-order valence-electron chi connectivity index (χ0n) is 19.1. The summed E-state index contributed by atoms with van der Waals surface area (Å²) in [5.41, 5.74) is 9.22. The molecule has 0 bridgehead atoms. The minimum atomic E-state index is -1.25. The summed E-state index contributed by atoms with van der Waals surface area (Å²) in [7, 11) is 7.43. The third-order valence-electron chi connectivity index (χ3n) is 5.10. The Morgan fingerprint density at radius 3 is 2.69 bits per heavy atom. The summed E-state index contributed by atoms with van der Waals surface area (Å²) >= 11 is 8.27. The number of nitrogens with two attached hydrogens (primary N) is 1. The van der Waals surface area contributed by atoms with Gasteiger partial charge in [-0.15, -0.1) is 0 Å². The van der Waals surface area contributed by atoms with Crippen molar-refractivity contribution in [3.05, 3.63) is 70.6 Å². The van der Waals surface area contributed by atoms with Gasteiger partial charge < -0.3 is 15.8 Å². The number of ether oxygens (including phenoxy) is 1. The lowest BCUT2D eigenvalue weighted by molar-refractivity contribution is 0.328. The fraction of sp³-hybridized carbons (Fsp3) is 0.167. The van der Waals surface area contributed by atoms with E-state index in [4.69, 9.17) is 18.3 Å². The lowest BCUT2D eigenvalue weighted by Gasteiger charge is -2.20. The van der Waals surface area contributed by atoms with Crippen molar-refractivity contribution in [2.75, 3.05) is 24.7 Å². The molecular weight excluding hydrogens is 479 g/mol. The highest BCUT2D eigenvalue weighted by molar-refractivity contribution is 8.02. The van der Waals surface area contributed by atoms with Crippen molar-refractivity contribution in [1.82, 2.24) is 14.5 Å². The Labute approximate surface area is 214 Å². The Morgan fingerprint density at radius 1 is 1.23 bits per heavy atom. The molecule has 0 saturated carbocycles. The van der Waals surface area contributed by atoms with Crippen molar-refractivity contribution in [2.24, 2.45) is 4.99 Å². The van der Waals surface area contributed by atoms with Crippen molar-refractivity contribution < 1.29 is 4.74 Å². The average molecular weight is 502 g/mol. The Hall–Kier alpha value is -3.44. The van der Waals surface area contributed by atoms with Crippen LogP contribution in [-0.4, -0.2) is 46.4 Å². The second-order valence-corrected chi connectivity index (χ2v) is 9.44. The molecule has 0 saturated heterocycles. The van der Waals surface area contributed by atoms with Crippen LogP contribution in [0.1, 0.15) is 12.5 Å². The maximum absolute atomic E-state index is 13.9. The van der Waals surface area contributed by atoms with Crippen molar-refractivity contribution >= 4 is 61.9 Å². The van der Waals surface area contributed by atoms with Gasteiger partial charge in [-0.1, -0.05) is 6.07 Å². The molecule has 0 unspecified atom stereocenters. The maximum atomic E-state index is 13.9. The molecule has 0 aliphatic heterocycles. The third-order valence-corrected chi connectivity index (χ3v) is 5.32. The number of hydrogen-bond donors (Lipinski definition) is 4. The van der Waals surface area contributed by atoms with Crippen LogP contribution in [0.25, 0.3) is 27.8 Å². The van der Waals surface area contributed by atoms with Crippen LogP contribution in [0.2, 0.25) is 0 Å². The number of aliphatic imine (C=N–C) groups is 1. The molecule has 11 heteroatoms. The Bertz CT molecular complexity index is 1470. The molecule has 3 heterocycles. The van der Waals surface area contributed by atoms with Gasteiger partial charge in [0, 0.05) is 41.5 Å². The molecule has 2 radical (unpaired) electrons. The van der Waals surface area contributed by atoms with Crippen LogP contribution in [0.15, 0.2) is 64.5 Å². The third kappa shape index (κ3) is 5.46. The standard InChI is InChI=1S/C24H23BN6O2S2/c1-3-33-21-9-5-15-11-18(14-4-7-19(26)16(10-14)12-27-2)23(32)31(22(15)29-21)17-6-8-20(28-13-17)30-24(25,34)35/h4-13,34-35H,3,26H2,1-2H3,(H,28,30). The second kappa shape index (κ2) is 10.0. The monoisotopic (exact) mass is 502 g/mol. The highest BCUT2D eigenvalue weighted by atomic mass is 32.2. The van der Waals surface area contributed by atoms with E-state index in [2.05, 4.69) is 45.5 Å².